The fraction of sp³-hybridized carbons (Fsp3) is 0.333. The summed E-state index contributed by atoms with van der Waals surface area (Å²) < 4.78 is 25.7. The zero-order valence-corrected chi connectivity index (χ0v) is 12.5. The van der Waals surface area contributed by atoms with Crippen LogP contribution < -0.4 is 0 Å². The summed E-state index contributed by atoms with van der Waals surface area (Å²) in [4.78, 5) is 2.15. The Morgan fingerprint density at radius 1 is 1.06 bits per heavy atom. The van der Waals surface area contributed by atoms with Gasteiger partial charge in [-0.05, 0) is 29.8 Å². The summed E-state index contributed by atoms with van der Waals surface area (Å²) in [6.07, 6.45) is 0. The largest absolute Gasteiger partial charge is 0.214 e. The number of nitrogens with zero attached hydrogens (tertiary/aromatic N) is 1. The Hall–Kier alpha value is -0.690. The summed E-state index contributed by atoms with van der Waals surface area (Å²) in [5, 5.41) is 3.94. The fourth-order valence-corrected chi connectivity index (χ4v) is 4.23. The Balaban J connectivity index is 2.18. The van der Waals surface area contributed by atoms with Crippen molar-refractivity contribution in [3.63, 3.8) is 0 Å². The highest BCUT2D eigenvalue weighted by Crippen LogP contribution is 2.19. The van der Waals surface area contributed by atoms with Gasteiger partial charge in [0.15, 0.2) is 0 Å². The molecule has 0 aliphatic heterocycles. The van der Waals surface area contributed by atoms with E-state index in [1.165, 1.54) is 0 Å². The van der Waals surface area contributed by atoms with E-state index in [1.807, 2.05) is 35.0 Å². The molecule has 98 valence electrons. The first-order valence-electron chi connectivity index (χ1n) is 5.64. The van der Waals surface area contributed by atoms with Crippen molar-refractivity contribution in [3.8, 4) is 0 Å². The van der Waals surface area contributed by atoms with Crippen molar-refractivity contribution in [2.24, 2.45) is 0 Å². The predicted octanol–water partition coefficient (Wildman–Crippen LogP) is 3.16. The fourth-order valence-electron chi connectivity index (χ4n) is 1.59. The second-order valence-corrected chi connectivity index (χ2v) is 8.15. The van der Waals surface area contributed by atoms with Crippen molar-refractivity contribution in [1.82, 2.24) is 4.31 Å². The highest BCUT2D eigenvalue weighted by atomic mass is 32.2. The van der Waals surface area contributed by atoms with Crippen molar-refractivity contribution >= 4 is 32.7 Å². The molecule has 0 radical (unpaired) electrons. The summed E-state index contributed by atoms with van der Waals surface area (Å²) in [5.41, 5.74) is 0. The monoisotopic (exact) mass is 301 g/mol. The van der Waals surface area contributed by atoms with Crippen molar-refractivity contribution in [3.05, 3.63) is 44.8 Å². The highest BCUT2D eigenvalue weighted by Gasteiger charge is 2.21. The van der Waals surface area contributed by atoms with Crippen LogP contribution in [0.5, 0.6) is 0 Å². The van der Waals surface area contributed by atoms with Gasteiger partial charge in [-0.15, -0.1) is 22.7 Å². The van der Waals surface area contributed by atoms with E-state index in [0.717, 1.165) is 9.75 Å². The highest BCUT2D eigenvalue weighted by molar-refractivity contribution is 7.89. The summed E-state index contributed by atoms with van der Waals surface area (Å²) in [6, 6.07) is 7.83. The lowest BCUT2D eigenvalue weighted by atomic mass is 10.4. The number of sulfonamides is 1. The number of thiophene rings is 2. The molecule has 0 saturated heterocycles. The van der Waals surface area contributed by atoms with Gasteiger partial charge in [0.25, 0.3) is 0 Å². The molecule has 0 aliphatic rings. The molecule has 0 N–H and O–H groups in total. The van der Waals surface area contributed by atoms with Crippen LogP contribution in [0, 0.1) is 0 Å². The van der Waals surface area contributed by atoms with E-state index >= 15 is 0 Å². The van der Waals surface area contributed by atoms with Crippen molar-refractivity contribution in [2.45, 2.75) is 20.0 Å². The second kappa shape index (κ2) is 5.97. The Kier molecular flexibility index (Phi) is 4.55. The topological polar surface area (TPSA) is 37.4 Å². The number of rotatable bonds is 6. The van der Waals surface area contributed by atoms with Crippen LogP contribution in [0.2, 0.25) is 0 Å². The molecule has 0 atom stereocenters. The van der Waals surface area contributed by atoms with Crippen LogP contribution in [0.15, 0.2) is 35.0 Å². The van der Waals surface area contributed by atoms with Crippen molar-refractivity contribution < 1.29 is 8.42 Å². The van der Waals surface area contributed by atoms with Gasteiger partial charge >= 0.3 is 0 Å². The first kappa shape index (κ1) is 13.7. The van der Waals surface area contributed by atoms with E-state index in [0.29, 0.717) is 13.1 Å². The molecule has 2 aromatic heterocycles. The third kappa shape index (κ3) is 3.41. The van der Waals surface area contributed by atoms with E-state index in [4.69, 9.17) is 0 Å². The lowest BCUT2D eigenvalue weighted by Crippen LogP contribution is -2.30. The van der Waals surface area contributed by atoms with E-state index in [9.17, 15) is 8.42 Å². The van der Waals surface area contributed by atoms with E-state index in [-0.39, 0.29) is 5.75 Å². The molecule has 0 spiro atoms. The van der Waals surface area contributed by atoms with Crippen LogP contribution in [0.1, 0.15) is 16.7 Å². The van der Waals surface area contributed by atoms with Gasteiger partial charge in [0.2, 0.25) is 10.0 Å². The normalized spacial score (nSPS) is 12.1. The maximum atomic E-state index is 12.1. The average molecular weight is 301 g/mol. The van der Waals surface area contributed by atoms with Gasteiger partial charge in [-0.25, -0.2) is 8.42 Å². The van der Waals surface area contributed by atoms with Crippen LogP contribution in [-0.4, -0.2) is 18.5 Å². The molecule has 2 rings (SSSR count). The Labute approximate surface area is 116 Å². The number of hydrogen-bond acceptors (Lipinski definition) is 4. The smallest absolute Gasteiger partial charge is 0.212 e. The minimum atomic E-state index is -3.17. The SMILES string of the molecule is CCS(=O)(=O)N(Cc1cccs1)Cc1cccs1. The van der Waals surface area contributed by atoms with Crippen LogP contribution in [-0.2, 0) is 23.1 Å². The molecular formula is C12H15NO2S3. The molecule has 18 heavy (non-hydrogen) atoms. The van der Waals surface area contributed by atoms with Gasteiger partial charge in [0.05, 0.1) is 5.75 Å². The molecule has 0 amide bonds. The summed E-state index contributed by atoms with van der Waals surface area (Å²) in [5.74, 6) is 0.143. The zero-order chi connectivity index (χ0) is 13.0. The number of hydrogen-bond donors (Lipinski definition) is 0. The van der Waals surface area contributed by atoms with Gasteiger partial charge < -0.3 is 0 Å². The molecule has 0 saturated carbocycles. The summed E-state index contributed by atoms with van der Waals surface area (Å²) in [7, 11) is -3.17. The van der Waals surface area contributed by atoms with Crippen LogP contribution in [0.3, 0.4) is 0 Å². The molecule has 0 aromatic carbocycles. The quantitative estimate of drug-likeness (QED) is 0.822. The Morgan fingerprint density at radius 3 is 1.89 bits per heavy atom. The van der Waals surface area contributed by atoms with Gasteiger partial charge in [0.1, 0.15) is 0 Å². The molecule has 6 heteroatoms. The molecule has 0 bridgehead atoms. The van der Waals surface area contributed by atoms with Gasteiger partial charge in [0, 0.05) is 22.8 Å². The minimum absolute atomic E-state index is 0.143. The summed E-state index contributed by atoms with van der Waals surface area (Å²) >= 11 is 3.18. The maximum Gasteiger partial charge on any atom is 0.214 e. The average Bonchev–Trinajstić information content (AvgIpc) is 3.01. The van der Waals surface area contributed by atoms with E-state index < -0.39 is 10.0 Å². The van der Waals surface area contributed by atoms with E-state index in [1.54, 1.807) is 33.9 Å². The lowest BCUT2D eigenvalue weighted by molar-refractivity contribution is 0.408. The Bertz CT molecular complexity index is 522. The van der Waals surface area contributed by atoms with Crippen LogP contribution in [0.25, 0.3) is 0 Å². The van der Waals surface area contributed by atoms with Crippen LogP contribution >= 0.6 is 22.7 Å². The molecule has 0 aliphatic carbocycles. The Morgan fingerprint density at radius 2 is 1.56 bits per heavy atom. The third-order valence-corrected chi connectivity index (χ3v) is 6.08. The van der Waals surface area contributed by atoms with Gasteiger partial charge in [-0.2, -0.15) is 4.31 Å². The summed E-state index contributed by atoms with van der Waals surface area (Å²) in [6.45, 7) is 2.61. The van der Waals surface area contributed by atoms with Crippen molar-refractivity contribution in [1.29, 1.82) is 0 Å². The maximum absolute atomic E-state index is 12.1. The molecule has 3 nitrogen and oxygen atoms in total. The first-order chi connectivity index (χ1) is 8.62. The molecule has 2 aromatic rings. The zero-order valence-electron chi connectivity index (χ0n) is 10.1. The standard InChI is InChI=1S/C12H15NO2S3/c1-2-18(14,15)13(9-11-5-3-7-16-11)10-12-6-4-8-17-12/h3-8H,2,9-10H2,1H3. The first-order valence-corrected chi connectivity index (χ1v) is 9.01. The molecular weight excluding hydrogens is 286 g/mol. The second-order valence-electron chi connectivity index (χ2n) is 3.83. The van der Waals surface area contributed by atoms with Crippen LogP contribution in [0.4, 0.5) is 0 Å². The minimum Gasteiger partial charge on any atom is -0.212 e. The van der Waals surface area contributed by atoms with E-state index in [2.05, 4.69) is 0 Å². The predicted molar refractivity (Wildman–Crippen MR) is 77.3 cm³/mol. The molecule has 0 unspecified atom stereocenters. The van der Waals surface area contributed by atoms with Gasteiger partial charge in [-0.1, -0.05) is 12.1 Å². The van der Waals surface area contributed by atoms with Gasteiger partial charge in [-0.3, -0.25) is 0 Å². The lowest BCUT2D eigenvalue weighted by Gasteiger charge is -2.20. The molecule has 2 heterocycles. The molecule has 0 fully saturated rings. The van der Waals surface area contributed by atoms with Crippen molar-refractivity contribution in [2.75, 3.05) is 5.75 Å². The third-order valence-electron chi connectivity index (χ3n) is 2.58.